The summed E-state index contributed by atoms with van der Waals surface area (Å²) in [4.78, 5) is 0. The molecule has 0 aliphatic rings. The highest BCUT2D eigenvalue weighted by molar-refractivity contribution is 5.38. The van der Waals surface area contributed by atoms with Crippen LogP contribution in [-0.2, 0) is 12.8 Å². The summed E-state index contributed by atoms with van der Waals surface area (Å²) in [5.74, 6) is 0. The summed E-state index contributed by atoms with van der Waals surface area (Å²) in [5, 5.41) is 17.2. The SMILES string of the molecule is CCCCc1c(C#N)nnn1-c1ccc(CC)cc1. The molecule has 1 heterocycles. The van der Waals surface area contributed by atoms with Crippen LogP contribution in [0.4, 0.5) is 0 Å². The summed E-state index contributed by atoms with van der Waals surface area (Å²) in [6, 6.07) is 10.4. The standard InChI is InChI=1S/C15H18N4/c1-3-5-6-15-14(11-16)17-18-19(15)13-9-7-12(4-2)8-10-13/h7-10H,3-6H2,1-2H3. The first-order valence-electron chi connectivity index (χ1n) is 6.74. The minimum atomic E-state index is 0.438. The molecule has 0 spiro atoms. The summed E-state index contributed by atoms with van der Waals surface area (Å²) in [5.41, 5.74) is 3.61. The van der Waals surface area contributed by atoms with E-state index in [-0.39, 0.29) is 0 Å². The zero-order valence-electron chi connectivity index (χ0n) is 11.4. The number of nitrogens with zero attached hydrogens (tertiary/aromatic N) is 4. The normalized spacial score (nSPS) is 10.4. The van der Waals surface area contributed by atoms with Gasteiger partial charge in [0.05, 0.1) is 11.4 Å². The molecule has 0 amide bonds. The largest absolute Gasteiger partial charge is 0.216 e. The molecule has 0 fully saturated rings. The van der Waals surface area contributed by atoms with Gasteiger partial charge in [0.15, 0.2) is 5.69 Å². The van der Waals surface area contributed by atoms with Gasteiger partial charge in [0.1, 0.15) is 6.07 Å². The lowest BCUT2D eigenvalue weighted by Crippen LogP contribution is -2.03. The topological polar surface area (TPSA) is 54.5 Å². The van der Waals surface area contributed by atoms with Crippen molar-refractivity contribution in [2.45, 2.75) is 39.5 Å². The molecule has 0 aliphatic heterocycles. The Hall–Kier alpha value is -2.15. The second-order valence-electron chi connectivity index (χ2n) is 4.53. The quantitative estimate of drug-likeness (QED) is 0.824. The van der Waals surface area contributed by atoms with Crippen molar-refractivity contribution in [1.82, 2.24) is 15.0 Å². The van der Waals surface area contributed by atoms with Crippen molar-refractivity contribution in [1.29, 1.82) is 5.26 Å². The molecule has 2 rings (SSSR count). The van der Waals surface area contributed by atoms with Crippen LogP contribution in [0, 0.1) is 11.3 Å². The van der Waals surface area contributed by atoms with Gasteiger partial charge in [-0.25, -0.2) is 4.68 Å². The van der Waals surface area contributed by atoms with E-state index in [0.29, 0.717) is 5.69 Å². The monoisotopic (exact) mass is 254 g/mol. The Morgan fingerprint density at radius 2 is 1.95 bits per heavy atom. The van der Waals surface area contributed by atoms with E-state index in [1.807, 2.05) is 12.1 Å². The highest BCUT2D eigenvalue weighted by Crippen LogP contribution is 2.16. The van der Waals surface area contributed by atoms with Gasteiger partial charge >= 0.3 is 0 Å². The predicted molar refractivity (Wildman–Crippen MR) is 74.1 cm³/mol. The van der Waals surface area contributed by atoms with Crippen molar-refractivity contribution in [3.63, 3.8) is 0 Å². The molecule has 0 saturated heterocycles. The molecular weight excluding hydrogens is 236 g/mol. The van der Waals surface area contributed by atoms with Crippen LogP contribution in [0.25, 0.3) is 5.69 Å². The van der Waals surface area contributed by atoms with Crippen LogP contribution in [0.2, 0.25) is 0 Å². The number of hydrogen-bond donors (Lipinski definition) is 0. The molecule has 0 unspecified atom stereocenters. The van der Waals surface area contributed by atoms with Crippen LogP contribution in [0.5, 0.6) is 0 Å². The lowest BCUT2D eigenvalue weighted by atomic mass is 10.1. The van der Waals surface area contributed by atoms with Crippen LogP contribution in [0.15, 0.2) is 24.3 Å². The molecule has 2 aromatic rings. The maximum atomic E-state index is 9.09. The number of nitriles is 1. The predicted octanol–water partition coefficient (Wildman–Crippen LogP) is 3.04. The van der Waals surface area contributed by atoms with E-state index in [0.717, 1.165) is 37.1 Å². The highest BCUT2D eigenvalue weighted by atomic mass is 15.4. The molecule has 98 valence electrons. The van der Waals surface area contributed by atoms with Gasteiger partial charge < -0.3 is 0 Å². The first-order chi connectivity index (χ1) is 9.30. The van der Waals surface area contributed by atoms with Crippen molar-refractivity contribution in [3.05, 3.63) is 41.2 Å². The van der Waals surface area contributed by atoms with Gasteiger partial charge in [-0.2, -0.15) is 5.26 Å². The van der Waals surface area contributed by atoms with Crippen LogP contribution in [-0.4, -0.2) is 15.0 Å². The third kappa shape index (κ3) is 2.82. The zero-order valence-corrected chi connectivity index (χ0v) is 11.4. The van der Waals surface area contributed by atoms with Gasteiger partial charge in [0, 0.05) is 0 Å². The van der Waals surface area contributed by atoms with Crippen molar-refractivity contribution < 1.29 is 0 Å². The average Bonchev–Trinajstić information content (AvgIpc) is 2.88. The lowest BCUT2D eigenvalue weighted by molar-refractivity contribution is 0.715. The molecule has 0 bridgehead atoms. The van der Waals surface area contributed by atoms with E-state index in [1.165, 1.54) is 5.56 Å². The van der Waals surface area contributed by atoms with Gasteiger partial charge in [-0.3, -0.25) is 0 Å². The van der Waals surface area contributed by atoms with Gasteiger partial charge in [-0.05, 0) is 37.0 Å². The van der Waals surface area contributed by atoms with Crippen LogP contribution >= 0.6 is 0 Å². The van der Waals surface area contributed by atoms with Crippen molar-refractivity contribution >= 4 is 0 Å². The second-order valence-corrected chi connectivity index (χ2v) is 4.53. The fourth-order valence-corrected chi connectivity index (χ4v) is 2.04. The molecule has 4 nitrogen and oxygen atoms in total. The fourth-order valence-electron chi connectivity index (χ4n) is 2.04. The van der Waals surface area contributed by atoms with Crippen molar-refractivity contribution in [3.8, 4) is 11.8 Å². The summed E-state index contributed by atoms with van der Waals surface area (Å²) in [6.45, 7) is 4.27. The molecule has 1 aromatic heterocycles. The van der Waals surface area contributed by atoms with E-state index in [9.17, 15) is 0 Å². The molecule has 0 saturated carbocycles. The lowest BCUT2D eigenvalue weighted by Gasteiger charge is -2.06. The zero-order chi connectivity index (χ0) is 13.7. The van der Waals surface area contributed by atoms with Gasteiger partial charge in [0.25, 0.3) is 0 Å². The summed E-state index contributed by atoms with van der Waals surface area (Å²) >= 11 is 0. The molecule has 0 N–H and O–H groups in total. The molecule has 0 radical (unpaired) electrons. The Labute approximate surface area is 113 Å². The molecule has 0 atom stereocenters. The van der Waals surface area contributed by atoms with Crippen LogP contribution in [0.3, 0.4) is 0 Å². The van der Waals surface area contributed by atoms with Gasteiger partial charge in [0.2, 0.25) is 0 Å². The third-order valence-electron chi connectivity index (χ3n) is 3.23. The molecule has 19 heavy (non-hydrogen) atoms. The average molecular weight is 254 g/mol. The van der Waals surface area contributed by atoms with Crippen LogP contribution < -0.4 is 0 Å². The molecule has 4 heteroatoms. The molecule has 0 aliphatic carbocycles. The fraction of sp³-hybridized carbons (Fsp3) is 0.400. The Morgan fingerprint density at radius 1 is 1.21 bits per heavy atom. The Kier molecular flexibility index (Phi) is 4.30. The number of benzene rings is 1. The molecular formula is C15H18N4. The Balaban J connectivity index is 2.37. The summed E-state index contributed by atoms with van der Waals surface area (Å²) in [7, 11) is 0. The van der Waals surface area contributed by atoms with E-state index in [1.54, 1.807) is 4.68 Å². The summed E-state index contributed by atoms with van der Waals surface area (Å²) < 4.78 is 1.79. The van der Waals surface area contributed by atoms with E-state index in [2.05, 4.69) is 42.4 Å². The van der Waals surface area contributed by atoms with Crippen molar-refractivity contribution in [2.75, 3.05) is 0 Å². The van der Waals surface area contributed by atoms with E-state index >= 15 is 0 Å². The third-order valence-corrected chi connectivity index (χ3v) is 3.23. The van der Waals surface area contributed by atoms with Gasteiger partial charge in [-0.1, -0.05) is 37.6 Å². The van der Waals surface area contributed by atoms with E-state index in [4.69, 9.17) is 5.26 Å². The number of unbranched alkanes of at least 4 members (excludes halogenated alkanes) is 1. The summed E-state index contributed by atoms with van der Waals surface area (Å²) in [6.07, 6.45) is 3.98. The second kappa shape index (κ2) is 6.14. The Morgan fingerprint density at radius 3 is 2.53 bits per heavy atom. The maximum Gasteiger partial charge on any atom is 0.186 e. The number of aryl methyl sites for hydroxylation is 1. The number of rotatable bonds is 5. The van der Waals surface area contributed by atoms with Crippen LogP contribution in [0.1, 0.15) is 43.6 Å². The number of hydrogen-bond acceptors (Lipinski definition) is 3. The first-order valence-corrected chi connectivity index (χ1v) is 6.74. The minimum Gasteiger partial charge on any atom is -0.216 e. The minimum absolute atomic E-state index is 0.438. The highest BCUT2D eigenvalue weighted by Gasteiger charge is 2.13. The van der Waals surface area contributed by atoms with Crippen molar-refractivity contribution in [2.24, 2.45) is 0 Å². The Bertz CT molecular complexity index is 575. The van der Waals surface area contributed by atoms with Gasteiger partial charge in [-0.15, -0.1) is 5.10 Å². The maximum absolute atomic E-state index is 9.09. The number of aromatic nitrogens is 3. The first kappa shape index (κ1) is 13.3. The molecule has 1 aromatic carbocycles. The van der Waals surface area contributed by atoms with E-state index < -0.39 is 0 Å². The smallest absolute Gasteiger partial charge is 0.186 e.